The number of ether oxygens (including phenoxy) is 1. The van der Waals surface area contributed by atoms with Crippen LogP contribution in [-0.4, -0.2) is 42.9 Å². The van der Waals surface area contributed by atoms with Gasteiger partial charge in [0.15, 0.2) is 0 Å². The smallest absolute Gasteiger partial charge is 0.245 e. The molecule has 2 N–H and O–H groups in total. The van der Waals surface area contributed by atoms with Gasteiger partial charge in [0, 0.05) is 12.6 Å². The molecule has 1 aliphatic heterocycles. The number of morpholine rings is 1. The van der Waals surface area contributed by atoms with Crippen LogP contribution in [0.3, 0.4) is 0 Å². The van der Waals surface area contributed by atoms with E-state index < -0.39 is 11.9 Å². The number of nitrogens with one attached hydrogen (secondary N) is 1. The molecular formula is C15H21FN2O3. The molecular weight excluding hydrogens is 275 g/mol. The highest BCUT2D eigenvalue weighted by molar-refractivity contribution is 5.86. The number of carbonyl (C=O) groups excluding carboxylic acids is 1. The molecule has 116 valence electrons. The molecule has 0 radical (unpaired) electrons. The lowest BCUT2D eigenvalue weighted by molar-refractivity contribution is -0.125. The molecule has 1 unspecified atom stereocenters. The van der Waals surface area contributed by atoms with Gasteiger partial charge in [0.2, 0.25) is 5.91 Å². The fourth-order valence-electron chi connectivity index (χ4n) is 2.37. The monoisotopic (exact) mass is 296 g/mol. The quantitative estimate of drug-likeness (QED) is 0.872. The van der Waals surface area contributed by atoms with Crippen molar-refractivity contribution in [2.45, 2.75) is 32.5 Å². The van der Waals surface area contributed by atoms with Gasteiger partial charge < -0.3 is 20.1 Å². The number of hydrogen-bond donors (Lipinski definition) is 2. The first-order valence-corrected chi connectivity index (χ1v) is 7.07. The van der Waals surface area contributed by atoms with Crippen molar-refractivity contribution in [3.8, 4) is 0 Å². The van der Waals surface area contributed by atoms with Gasteiger partial charge in [-0.1, -0.05) is 6.07 Å². The number of benzene rings is 1. The lowest BCUT2D eigenvalue weighted by atomic mass is 10.1. The molecule has 1 heterocycles. The second-order valence-electron chi connectivity index (χ2n) is 5.39. The summed E-state index contributed by atoms with van der Waals surface area (Å²) in [4.78, 5) is 14.0. The predicted octanol–water partition coefficient (Wildman–Crippen LogP) is 1.05. The van der Waals surface area contributed by atoms with Gasteiger partial charge in [0.1, 0.15) is 11.9 Å². The fourth-order valence-corrected chi connectivity index (χ4v) is 2.37. The average Bonchev–Trinajstić information content (AvgIpc) is 2.46. The van der Waals surface area contributed by atoms with Gasteiger partial charge in [0.05, 0.1) is 25.5 Å². The topological polar surface area (TPSA) is 61.8 Å². The Morgan fingerprint density at radius 2 is 2.33 bits per heavy atom. The second kappa shape index (κ2) is 6.87. The number of aliphatic hydroxyl groups is 1. The Kier molecular flexibility index (Phi) is 5.14. The molecule has 0 bridgehead atoms. The van der Waals surface area contributed by atoms with E-state index in [0.29, 0.717) is 24.4 Å². The summed E-state index contributed by atoms with van der Waals surface area (Å²) >= 11 is 0. The molecule has 0 aliphatic carbocycles. The van der Waals surface area contributed by atoms with Gasteiger partial charge in [-0.15, -0.1) is 0 Å². The highest BCUT2D eigenvalue weighted by atomic mass is 19.1. The molecule has 1 amide bonds. The molecule has 0 saturated carbocycles. The first-order chi connectivity index (χ1) is 10.0. The largest absolute Gasteiger partial charge is 0.392 e. The highest BCUT2D eigenvalue weighted by Crippen LogP contribution is 2.24. The number of anilines is 1. The van der Waals surface area contributed by atoms with Gasteiger partial charge >= 0.3 is 0 Å². The van der Waals surface area contributed by atoms with Crippen molar-refractivity contribution in [2.75, 3.05) is 24.7 Å². The van der Waals surface area contributed by atoms with Crippen molar-refractivity contribution in [3.05, 3.63) is 29.6 Å². The first-order valence-electron chi connectivity index (χ1n) is 7.07. The van der Waals surface area contributed by atoms with E-state index in [1.165, 1.54) is 6.07 Å². The molecule has 1 atom stereocenters. The molecule has 5 nitrogen and oxygen atoms in total. The second-order valence-corrected chi connectivity index (χ2v) is 5.39. The van der Waals surface area contributed by atoms with E-state index in [2.05, 4.69) is 5.32 Å². The Bertz CT molecular complexity index is 508. The van der Waals surface area contributed by atoms with E-state index >= 15 is 0 Å². The van der Waals surface area contributed by atoms with Crippen LogP contribution in [0.25, 0.3) is 0 Å². The molecule has 21 heavy (non-hydrogen) atoms. The van der Waals surface area contributed by atoms with E-state index in [9.17, 15) is 9.18 Å². The lowest BCUT2D eigenvalue weighted by Crippen LogP contribution is -2.55. The minimum Gasteiger partial charge on any atom is -0.392 e. The highest BCUT2D eigenvalue weighted by Gasteiger charge is 2.31. The van der Waals surface area contributed by atoms with E-state index in [0.717, 1.165) is 0 Å². The van der Waals surface area contributed by atoms with Crippen molar-refractivity contribution < 1.29 is 19.0 Å². The molecule has 2 rings (SSSR count). The Morgan fingerprint density at radius 1 is 1.57 bits per heavy atom. The number of amides is 1. The van der Waals surface area contributed by atoms with Crippen LogP contribution < -0.4 is 10.2 Å². The normalized spacial score (nSPS) is 18.9. The van der Waals surface area contributed by atoms with Crippen LogP contribution in [0.1, 0.15) is 19.4 Å². The first kappa shape index (κ1) is 15.7. The molecule has 6 heteroatoms. The van der Waals surface area contributed by atoms with Crippen molar-refractivity contribution in [2.24, 2.45) is 0 Å². The van der Waals surface area contributed by atoms with Gasteiger partial charge in [-0.3, -0.25) is 4.79 Å². The van der Waals surface area contributed by atoms with Crippen molar-refractivity contribution in [1.29, 1.82) is 0 Å². The number of rotatable bonds is 4. The maximum absolute atomic E-state index is 14.2. The zero-order chi connectivity index (χ0) is 15.4. The SMILES string of the molecule is CC(C)NC(=O)C1COCCN1c1ccc(CO)cc1F. The number of aliphatic hydroxyl groups excluding tert-OH is 1. The van der Waals surface area contributed by atoms with Gasteiger partial charge in [0.25, 0.3) is 0 Å². The van der Waals surface area contributed by atoms with E-state index in [1.54, 1.807) is 17.0 Å². The van der Waals surface area contributed by atoms with Crippen LogP contribution in [0.4, 0.5) is 10.1 Å². The van der Waals surface area contributed by atoms with Crippen LogP contribution >= 0.6 is 0 Å². The Labute approximate surface area is 123 Å². The molecule has 1 saturated heterocycles. The molecule has 1 fully saturated rings. The average molecular weight is 296 g/mol. The van der Waals surface area contributed by atoms with Crippen molar-refractivity contribution >= 4 is 11.6 Å². The third kappa shape index (κ3) is 3.71. The fraction of sp³-hybridized carbons (Fsp3) is 0.533. The molecule has 1 aromatic rings. The number of hydrogen-bond acceptors (Lipinski definition) is 4. The number of nitrogens with zero attached hydrogens (tertiary/aromatic N) is 1. The Hall–Kier alpha value is -1.66. The van der Waals surface area contributed by atoms with Gasteiger partial charge in [-0.2, -0.15) is 0 Å². The number of carbonyl (C=O) groups is 1. The summed E-state index contributed by atoms with van der Waals surface area (Å²) in [6.07, 6.45) is 0. The third-order valence-electron chi connectivity index (χ3n) is 3.37. The minimum atomic E-state index is -0.546. The molecule has 1 aromatic carbocycles. The zero-order valence-electron chi connectivity index (χ0n) is 12.3. The number of halogens is 1. The molecule has 0 spiro atoms. The van der Waals surface area contributed by atoms with E-state index in [1.807, 2.05) is 13.8 Å². The summed E-state index contributed by atoms with van der Waals surface area (Å²) in [7, 11) is 0. The zero-order valence-corrected chi connectivity index (χ0v) is 12.3. The van der Waals surface area contributed by atoms with Crippen LogP contribution in [-0.2, 0) is 16.1 Å². The van der Waals surface area contributed by atoms with Gasteiger partial charge in [-0.25, -0.2) is 4.39 Å². The standard InChI is InChI=1S/C15H21FN2O3/c1-10(2)17-15(20)14-9-21-6-5-18(14)13-4-3-11(8-19)7-12(13)16/h3-4,7,10,14,19H,5-6,8-9H2,1-2H3,(H,17,20). The lowest BCUT2D eigenvalue weighted by Gasteiger charge is -2.36. The van der Waals surface area contributed by atoms with E-state index in [4.69, 9.17) is 9.84 Å². The van der Waals surface area contributed by atoms with Crippen molar-refractivity contribution in [3.63, 3.8) is 0 Å². The maximum atomic E-state index is 14.2. The van der Waals surface area contributed by atoms with Gasteiger partial charge in [-0.05, 0) is 31.5 Å². The Balaban J connectivity index is 2.24. The van der Waals surface area contributed by atoms with E-state index in [-0.39, 0.29) is 25.2 Å². The van der Waals surface area contributed by atoms with Crippen LogP contribution in [0, 0.1) is 5.82 Å². The van der Waals surface area contributed by atoms with Crippen LogP contribution in [0.2, 0.25) is 0 Å². The van der Waals surface area contributed by atoms with Crippen LogP contribution in [0.15, 0.2) is 18.2 Å². The minimum absolute atomic E-state index is 0.0166. The summed E-state index contributed by atoms with van der Waals surface area (Å²) in [5, 5.41) is 11.9. The third-order valence-corrected chi connectivity index (χ3v) is 3.37. The summed E-state index contributed by atoms with van der Waals surface area (Å²) in [5.74, 6) is -0.610. The maximum Gasteiger partial charge on any atom is 0.245 e. The molecule has 1 aliphatic rings. The predicted molar refractivity (Wildman–Crippen MR) is 77.6 cm³/mol. The summed E-state index contributed by atoms with van der Waals surface area (Å²) < 4.78 is 19.6. The summed E-state index contributed by atoms with van der Waals surface area (Å²) in [6, 6.07) is 4.02. The molecule has 0 aromatic heterocycles. The van der Waals surface area contributed by atoms with Crippen LogP contribution in [0.5, 0.6) is 0 Å². The summed E-state index contributed by atoms with van der Waals surface area (Å²) in [5.41, 5.74) is 0.868. The Morgan fingerprint density at radius 3 is 2.95 bits per heavy atom. The summed E-state index contributed by atoms with van der Waals surface area (Å²) in [6.45, 7) is 4.68. The van der Waals surface area contributed by atoms with Crippen molar-refractivity contribution in [1.82, 2.24) is 5.32 Å².